The van der Waals surface area contributed by atoms with Crippen molar-refractivity contribution in [3.63, 3.8) is 0 Å². The minimum Gasteiger partial charge on any atom is -0.282 e. The Labute approximate surface area is 197 Å². The number of likely N-dealkylation sites (tertiary alicyclic amines) is 1. The largest absolute Gasteiger partial charge is 0.282 e. The van der Waals surface area contributed by atoms with Crippen molar-refractivity contribution in [3.8, 4) is 0 Å². The number of benzene rings is 2. The minimum absolute atomic E-state index is 0.0153. The van der Waals surface area contributed by atoms with Gasteiger partial charge in [0.1, 0.15) is 0 Å². The summed E-state index contributed by atoms with van der Waals surface area (Å²) in [5, 5.41) is 1.95. The van der Waals surface area contributed by atoms with Crippen LogP contribution >= 0.6 is 34.8 Å². The van der Waals surface area contributed by atoms with E-state index in [4.69, 9.17) is 34.8 Å². The Kier molecular flexibility index (Phi) is 5.79. The van der Waals surface area contributed by atoms with Crippen molar-refractivity contribution < 1.29 is 9.59 Å². The van der Waals surface area contributed by atoms with Crippen LogP contribution in [0.4, 0.5) is 0 Å². The van der Waals surface area contributed by atoms with Crippen molar-refractivity contribution in [1.29, 1.82) is 0 Å². The molecular formula is C25H24Cl3NO2. The average Bonchev–Trinajstić information content (AvgIpc) is 3.04. The zero-order valence-electron chi connectivity index (χ0n) is 17.1. The van der Waals surface area contributed by atoms with Crippen LogP contribution in [0, 0.1) is 17.8 Å². The first-order valence-corrected chi connectivity index (χ1v) is 12.1. The third-order valence-corrected chi connectivity index (χ3v) is 8.33. The lowest BCUT2D eigenvalue weighted by atomic mass is 9.63. The number of fused-ring (bicyclic) bond motifs is 1. The van der Waals surface area contributed by atoms with Gasteiger partial charge in [0.05, 0.1) is 0 Å². The van der Waals surface area contributed by atoms with E-state index in [1.165, 1.54) is 0 Å². The third-order valence-electron chi connectivity index (χ3n) is 7.51. The Bertz CT molecular complexity index is 1020. The van der Waals surface area contributed by atoms with Gasteiger partial charge in [0.25, 0.3) is 0 Å². The number of nitrogens with zero attached hydrogens (tertiary/aromatic N) is 1. The number of carbonyl (C=O) groups excluding carboxylic acids is 2. The van der Waals surface area contributed by atoms with E-state index >= 15 is 0 Å². The molecule has 162 valence electrons. The van der Waals surface area contributed by atoms with Crippen LogP contribution in [0.15, 0.2) is 42.5 Å². The molecule has 31 heavy (non-hydrogen) atoms. The van der Waals surface area contributed by atoms with Gasteiger partial charge in [0, 0.05) is 33.4 Å². The Morgan fingerprint density at radius 3 is 2.19 bits per heavy atom. The number of carbonyl (C=O) groups is 2. The lowest BCUT2D eigenvalue weighted by Gasteiger charge is -2.40. The third kappa shape index (κ3) is 3.79. The predicted molar refractivity (Wildman–Crippen MR) is 124 cm³/mol. The Balaban J connectivity index is 1.53. The summed E-state index contributed by atoms with van der Waals surface area (Å²) >= 11 is 18.9. The van der Waals surface area contributed by atoms with Crippen LogP contribution in [0.1, 0.15) is 55.1 Å². The summed E-state index contributed by atoms with van der Waals surface area (Å²) in [6.07, 6.45) is 4.50. The van der Waals surface area contributed by atoms with Gasteiger partial charge >= 0.3 is 0 Å². The minimum atomic E-state index is -0.118. The van der Waals surface area contributed by atoms with Gasteiger partial charge in [-0.25, -0.2) is 0 Å². The van der Waals surface area contributed by atoms with E-state index in [1.807, 2.05) is 36.4 Å². The lowest BCUT2D eigenvalue weighted by molar-refractivity contribution is -0.147. The highest BCUT2D eigenvalue weighted by molar-refractivity contribution is 6.35. The molecule has 1 aliphatic heterocycles. The van der Waals surface area contributed by atoms with E-state index in [0.29, 0.717) is 21.6 Å². The van der Waals surface area contributed by atoms with Crippen molar-refractivity contribution in [1.82, 2.24) is 4.90 Å². The second kappa shape index (κ2) is 8.42. The summed E-state index contributed by atoms with van der Waals surface area (Å²) < 4.78 is 0. The van der Waals surface area contributed by atoms with Crippen molar-refractivity contribution in [3.05, 3.63) is 68.7 Å². The molecule has 3 nitrogen and oxygen atoms in total. The highest BCUT2D eigenvalue weighted by Gasteiger charge is 2.52. The summed E-state index contributed by atoms with van der Waals surface area (Å²) in [4.78, 5) is 27.8. The van der Waals surface area contributed by atoms with Crippen LogP contribution in [0.3, 0.4) is 0 Å². The van der Waals surface area contributed by atoms with Gasteiger partial charge in [-0.2, -0.15) is 0 Å². The van der Waals surface area contributed by atoms with E-state index in [9.17, 15) is 9.59 Å². The predicted octanol–water partition coefficient (Wildman–Crippen LogP) is 6.71. The second-order valence-electron chi connectivity index (χ2n) is 9.11. The molecule has 0 aromatic heterocycles. The van der Waals surface area contributed by atoms with Gasteiger partial charge in [-0.05, 0) is 78.8 Å². The first kappa shape index (κ1) is 21.3. The van der Waals surface area contributed by atoms with Crippen molar-refractivity contribution in [2.75, 3.05) is 6.54 Å². The van der Waals surface area contributed by atoms with Crippen LogP contribution in [0.5, 0.6) is 0 Å². The maximum Gasteiger partial charge on any atom is 0.232 e. The van der Waals surface area contributed by atoms with E-state index in [0.717, 1.165) is 43.2 Å². The fourth-order valence-electron chi connectivity index (χ4n) is 5.74. The molecule has 4 atom stereocenters. The number of rotatable bonds is 3. The van der Waals surface area contributed by atoms with E-state index in [1.54, 1.807) is 11.0 Å². The fourth-order valence-corrected chi connectivity index (χ4v) is 6.41. The summed E-state index contributed by atoms with van der Waals surface area (Å²) in [5.74, 6) is 0.259. The Morgan fingerprint density at radius 2 is 1.55 bits per heavy atom. The number of amides is 2. The highest BCUT2D eigenvalue weighted by Crippen LogP contribution is 2.54. The Hall–Kier alpha value is -1.55. The zero-order valence-corrected chi connectivity index (χ0v) is 19.3. The molecule has 1 heterocycles. The van der Waals surface area contributed by atoms with Gasteiger partial charge in [-0.3, -0.25) is 14.5 Å². The van der Waals surface area contributed by atoms with Gasteiger partial charge in [-0.1, -0.05) is 59.4 Å². The van der Waals surface area contributed by atoms with E-state index in [2.05, 4.69) is 0 Å². The SMILES string of the molecule is O=C(C1CCC1)N1C[C@H]2[C@@H](c3ccc(Cl)cc3)[C@H](c3ccc(Cl)cc3Cl)CC[C@H]2C1=O. The molecule has 0 radical (unpaired) electrons. The summed E-state index contributed by atoms with van der Waals surface area (Å²) in [6, 6.07) is 13.6. The monoisotopic (exact) mass is 475 g/mol. The second-order valence-corrected chi connectivity index (χ2v) is 10.4. The van der Waals surface area contributed by atoms with Crippen LogP contribution in [-0.2, 0) is 9.59 Å². The molecule has 1 saturated heterocycles. The summed E-state index contributed by atoms with van der Waals surface area (Å²) in [5.41, 5.74) is 2.20. The standard InChI is InChI=1S/C25H24Cl3NO2/c26-16-6-4-14(5-7-16)23-19(18-9-8-17(27)12-22(18)28)10-11-20-21(23)13-29(25(20)31)24(30)15-2-1-3-15/h4-9,12,15,19-21,23H,1-3,10-11,13H2/t19-,20+,21+,23-/m0/s1. The highest BCUT2D eigenvalue weighted by atomic mass is 35.5. The van der Waals surface area contributed by atoms with Crippen LogP contribution in [-0.4, -0.2) is 23.3 Å². The van der Waals surface area contributed by atoms with Gasteiger partial charge < -0.3 is 0 Å². The molecule has 2 aromatic rings. The normalized spacial score (nSPS) is 28.4. The molecule has 0 spiro atoms. The molecule has 6 heteroatoms. The number of imide groups is 1. The number of hydrogen-bond acceptors (Lipinski definition) is 2. The maximum atomic E-state index is 13.3. The quantitative estimate of drug-likeness (QED) is 0.462. The topological polar surface area (TPSA) is 37.4 Å². The zero-order chi connectivity index (χ0) is 21.7. The lowest BCUT2D eigenvalue weighted by Crippen LogP contribution is -2.40. The van der Waals surface area contributed by atoms with E-state index < -0.39 is 0 Å². The molecule has 2 aromatic carbocycles. The molecule has 5 rings (SSSR count). The summed E-state index contributed by atoms with van der Waals surface area (Å²) in [6.45, 7) is 0.494. The fraction of sp³-hybridized carbons (Fsp3) is 0.440. The maximum absolute atomic E-state index is 13.3. The molecule has 0 unspecified atom stereocenters. The van der Waals surface area contributed by atoms with Crippen LogP contribution in [0.2, 0.25) is 15.1 Å². The molecule has 3 fully saturated rings. The average molecular weight is 477 g/mol. The molecule has 2 aliphatic carbocycles. The Morgan fingerprint density at radius 1 is 0.871 bits per heavy atom. The van der Waals surface area contributed by atoms with E-state index in [-0.39, 0.29) is 41.4 Å². The molecule has 3 aliphatic rings. The van der Waals surface area contributed by atoms with Crippen molar-refractivity contribution in [2.24, 2.45) is 17.8 Å². The van der Waals surface area contributed by atoms with Crippen molar-refractivity contribution >= 4 is 46.6 Å². The first-order chi connectivity index (χ1) is 14.9. The number of halogens is 3. The van der Waals surface area contributed by atoms with Gasteiger partial charge in [-0.15, -0.1) is 0 Å². The van der Waals surface area contributed by atoms with Gasteiger partial charge in [0.2, 0.25) is 11.8 Å². The smallest absolute Gasteiger partial charge is 0.232 e. The first-order valence-electron chi connectivity index (χ1n) is 11.0. The molecule has 0 bridgehead atoms. The van der Waals surface area contributed by atoms with Gasteiger partial charge in [0.15, 0.2) is 0 Å². The van der Waals surface area contributed by atoms with Crippen LogP contribution in [0.25, 0.3) is 0 Å². The number of hydrogen-bond donors (Lipinski definition) is 0. The molecule has 2 amide bonds. The summed E-state index contributed by atoms with van der Waals surface area (Å²) in [7, 11) is 0. The molecule has 2 saturated carbocycles. The molecular weight excluding hydrogens is 453 g/mol. The molecule has 0 N–H and O–H groups in total. The van der Waals surface area contributed by atoms with Crippen molar-refractivity contribution in [2.45, 2.75) is 43.9 Å². The van der Waals surface area contributed by atoms with Crippen LogP contribution < -0.4 is 0 Å².